The first-order valence-corrected chi connectivity index (χ1v) is 11.2. The van der Waals surface area contributed by atoms with Crippen molar-refractivity contribution in [2.24, 2.45) is 28.6 Å². The van der Waals surface area contributed by atoms with Crippen molar-refractivity contribution in [1.29, 1.82) is 0 Å². The lowest BCUT2D eigenvalue weighted by molar-refractivity contribution is -0.222. The van der Waals surface area contributed by atoms with E-state index >= 15 is 4.39 Å². The maximum absolute atomic E-state index is 17.2. The van der Waals surface area contributed by atoms with E-state index in [2.05, 4.69) is 0 Å². The highest BCUT2D eigenvalue weighted by Crippen LogP contribution is 2.72. The van der Waals surface area contributed by atoms with Crippen LogP contribution in [0.15, 0.2) is 23.8 Å². The van der Waals surface area contributed by atoms with Gasteiger partial charge < -0.3 is 19.3 Å². The summed E-state index contributed by atoms with van der Waals surface area (Å²) in [5.41, 5.74) is -4.64. The van der Waals surface area contributed by atoms with Crippen LogP contribution < -0.4 is 0 Å². The van der Waals surface area contributed by atoms with Gasteiger partial charge in [0.05, 0.1) is 13.2 Å². The molecule has 32 heavy (non-hydrogen) atoms. The second kappa shape index (κ2) is 6.43. The first-order chi connectivity index (χ1) is 15.0. The summed E-state index contributed by atoms with van der Waals surface area (Å²) in [7, 11) is 1.22. The fourth-order valence-electron chi connectivity index (χ4n) is 8.07. The molecule has 1 saturated heterocycles. The van der Waals surface area contributed by atoms with Crippen LogP contribution >= 0.6 is 0 Å². The van der Waals surface area contributed by atoms with E-state index in [1.54, 1.807) is 13.0 Å². The Hall–Kier alpha value is -2.22. The summed E-state index contributed by atoms with van der Waals surface area (Å²) in [6.45, 7) is 5.50. The maximum Gasteiger partial charge on any atom is 0.510 e. The average Bonchev–Trinajstić information content (AvgIpc) is 3.20. The topological polar surface area (TPSA) is 99.1 Å². The number of ketones is 1. The van der Waals surface area contributed by atoms with Crippen molar-refractivity contribution in [1.82, 2.24) is 0 Å². The van der Waals surface area contributed by atoms with Crippen LogP contribution in [-0.4, -0.2) is 53.6 Å². The lowest BCUT2D eigenvalue weighted by Crippen LogP contribution is -2.69. The first kappa shape index (κ1) is 21.6. The van der Waals surface area contributed by atoms with E-state index in [0.29, 0.717) is 24.8 Å². The third-order valence-electron chi connectivity index (χ3n) is 9.53. The van der Waals surface area contributed by atoms with Gasteiger partial charge >= 0.3 is 12.1 Å². The van der Waals surface area contributed by atoms with Crippen LogP contribution in [0.4, 0.5) is 9.18 Å². The van der Waals surface area contributed by atoms with Gasteiger partial charge in [-0.1, -0.05) is 25.5 Å². The summed E-state index contributed by atoms with van der Waals surface area (Å²) in [6.07, 6.45) is 2.37. The summed E-state index contributed by atoms with van der Waals surface area (Å²) in [5.74, 6) is -2.01. The molecule has 4 aliphatic carbocycles. The number of halogens is 1. The number of carbonyl (C=O) groups is 3. The van der Waals surface area contributed by atoms with Gasteiger partial charge in [0, 0.05) is 22.7 Å². The lowest BCUT2D eigenvalue weighted by Gasteiger charge is -2.62. The number of hydrogen-bond acceptors (Lipinski definition) is 7. The first-order valence-electron chi connectivity index (χ1n) is 11.2. The van der Waals surface area contributed by atoms with Gasteiger partial charge in [-0.25, -0.2) is 14.0 Å². The van der Waals surface area contributed by atoms with Crippen molar-refractivity contribution in [2.45, 2.75) is 69.9 Å². The van der Waals surface area contributed by atoms with Crippen molar-refractivity contribution in [3.63, 3.8) is 0 Å². The van der Waals surface area contributed by atoms with Crippen LogP contribution in [0.3, 0.4) is 0 Å². The summed E-state index contributed by atoms with van der Waals surface area (Å²) in [4.78, 5) is 36.8. The number of fused-ring (bicyclic) bond motifs is 6. The minimum atomic E-state index is -1.99. The van der Waals surface area contributed by atoms with E-state index in [1.165, 1.54) is 19.3 Å². The summed E-state index contributed by atoms with van der Waals surface area (Å²) in [6, 6.07) is 0. The highest BCUT2D eigenvalue weighted by Gasteiger charge is 2.80. The van der Waals surface area contributed by atoms with Gasteiger partial charge in [0.2, 0.25) is 6.10 Å². The minimum absolute atomic E-state index is 0.0101. The van der Waals surface area contributed by atoms with Crippen molar-refractivity contribution < 1.29 is 38.1 Å². The predicted molar refractivity (Wildman–Crippen MR) is 109 cm³/mol. The number of carbonyl (C=O) groups excluding carboxylic acids is 3. The highest BCUT2D eigenvalue weighted by molar-refractivity contribution is 6.01. The molecule has 0 aromatic rings. The molecule has 8 heteroatoms. The van der Waals surface area contributed by atoms with Gasteiger partial charge in [0.25, 0.3) is 0 Å². The molecule has 0 radical (unpaired) electrons. The average molecular weight is 448 g/mol. The molecule has 7 nitrogen and oxygen atoms in total. The summed E-state index contributed by atoms with van der Waals surface area (Å²) >= 11 is 0. The fraction of sp³-hybridized carbons (Fsp3) is 0.708. The molecule has 1 N–H and O–H groups in total. The predicted octanol–water partition coefficient (Wildman–Crippen LogP) is 3.05. The molecule has 3 saturated carbocycles. The molecule has 1 spiro atoms. The number of ether oxygens (including phenoxy) is 3. The van der Waals surface area contributed by atoms with Gasteiger partial charge in [0.1, 0.15) is 0 Å². The monoisotopic (exact) mass is 448 g/mol. The number of hydrogen-bond donors (Lipinski definition) is 1. The Kier molecular flexibility index (Phi) is 4.34. The van der Waals surface area contributed by atoms with Crippen LogP contribution in [0.1, 0.15) is 46.5 Å². The second-order valence-electron chi connectivity index (χ2n) is 10.6. The Morgan fingerprint density at radius 3 is 2.69 bits per heavy atom. The van der Waals surface area contributed by atoms with E-state index in [1.807, 2.05) is 13.8 Å². The van der Waals surface area contributed by atoms with Gasteiger partial charge in [0.15, 0.2) is 17.1 Å². The molecule has 5 rings (SSSR count). The van der Waals surface area contributed by atoms with Crippen LogP contribution in [0.2, 0.25) is 0 Å². The third-order valence-corrected chi connectivity index (χ3v) is 9.53. The summed E-state index contributed by atoms with van der Waals surface area (Å²) in [5, 5.41) is 11.4. The molecule has 4 fully saturated rings. The Labute approximate surface area is 186 Å². The normalized spacial score (nSPS) is 51.3. The zero-order chi connectivity index (χ0) is 23.3. The Morgan fingerprint density at radius 1 is 1.28 bits per heavy atom. The van der Waals surface area contributed by atoms with Gasteiger partial charge in [-0.15, -0.1) is 0 Å². The standard InChI is InChI=1S/C24H29FO7/c1-12-9-16-15-6-5-13-10-14(26)7-8-21(13,2)23(15,25)17(27)11-22(16,3)24(12)18(19(28)30-4)31-20(29)32-24/h7-8,10,12,15-18,27H,5-6,9,11H2,1-4H3/t12-,15+,16+,17+,18+,21+,22+,23+,24+/m1/s1. The van der Waals surface area contributed by atoms with E-state index in [0.717, 1.165) is 0 Å². The SMILES string of the molecule is COC(=O)[C@@H]1OC(=O)O[C@@]12[C@H](C)C[C@H]1[C@@H]3CCC4=CC(=O)C=C[C@]4(C)[C@@]3(F)[C@@H](O)C[C@@]12C. The molecule has 1 heterocycles. The van der Waals surface area contributed by atoms with Crippen LogP contribution in [0.25, 0.3) is 0 Å². The molecular weight excluding hydrogens is 419 g/mol. The number of alkyl halides is 1. The van der Waals surface area contributed by atoms with E-state index in [4.69, 9.17) is 14.2 Å². The number of cyclic esters (lactones) is 1. The minimum Gasteiger partial charge on any atom is -0.466 e. The van der Waals surface area contributed by atoms with Gasteiger partial charge in [-0.2, -0.15) is 0 Å². The maximum atomic E-state index is 17.2. The largest absolute Gasteiger partial charge is 0.510 e. The lowest BCUT2D eigenvalue weighted by atomic mass is 9.44. The molecule has 1 aliphatic heterocycles. The number of allylic oxidation sites excluding steroid dienone is 4. The Morgan fingerprint density at radius 2 is 2.00 bits per heavy atom. The van der Waals surface area contributed by atoms with E-state index in [9.17, 15) is 19.5 Å². The Balaban J connectivity index is 1.63. The molecule has 0 aromatic carbocycles. The van der Waals surface area contributed by atoms with Gasteiger partial charge in [-0.05, 0) is 50.7 Å². The highest BCUT2D eigenvalue weighted by atomic mass is 19.1. The molecule has 9 atom stereocenters. The van der Waals surface area contributed by atoms with Crippen molar-refractivity contribution in [3.05, 3.63) is 23.8 Å². The number of aliphatic hydroxyl groups excluding tert-OH is 1. The molecule has 174 valence electrons. The zero-order valence-electron chi connectivity index (χ0n) is 18.7. The molecule has 0 aromatic heterocycles. The van der Waals surface area contributed by atoms with Crippen molar-refractivity contribution in [2.75, 3.05) is 7.11 Å². The van der Waals surface area contributed by atoms with Crippen molar-refractivity contribution in [3.8, 4) is 0 Å². The Bertz CT molecular complexity index is 973. The van der Waals surface area contributed by atoms with Crippen LogP contribution in [0, 0.1) is 28.6 Å². The van der Waals surface area contributed by atoms with Gasteiger partial charge in [-0.3, -0.25) is 4.79 Å². The quantitative estimate of drug-likeness (QED) is 0.616. The number of methoxy groups -OCH3 is 1. The van der Waals surface area contributed by atoms with Crippen LogP contribution in [0.5, 0.6) is 0 Å². The van der Waals surface area contributed by atoms with E-state index < -0.39 is 52.4 Å². The molecule has 0 amide bonds. The third kappa shape index (κ3) is 2.22. The second-order valence-corrected chi connectivity index (χ2v) is 10.6. The summed E-state index contributed by atoms with van der Waals surface area (Å²) < 4.78 is 33.1. The molecule has 0 unspecified atom stereocenters. The van der Waals surface area contributed by atoms with Crippen molar-refractivity contribution >= 4 is 17.9 Å². The molecular formula is C24H29FO7. The van der Waals surface area contributed by atoms with E-state index in [-0.39, 0.29) is 24.0 Å². The smallest absolute Gasteiger partial charge is 0.466 e. The number of rotatable bonds is 1. The zero-order valence-corrected chi connectivity index (χ0v) is 18.7. The number of esters is 1. The fourth-order valence-corrected chi connectivity index (χ4v) is 8.07. The number of aliphatic hydroxyl groups is 1. The molecule has 0 bridgehead atoms. The molecule has 5 aliphatic rings. The van der Waals surface area contributed by atoms with Crippen LogP contribution in [-0.2, 0) is 23.8 Å².